The van der Waals surface area contributed by atoms with E-state index >= 15 is 0 Å². The first-order chi connectivity index (χ1) is 9.10. The Morgan fingerprint density at radius 1 is 1.37 bits per heavy atom. The summed E-state index contributed by atoms with van der Waals surface area (Å²) in [7, 11) is 0. The van der Waals surface area contributed by atoms with Crippen LogP contribution in [0.3, 0.4) is 0 Å². The predicted octanol–water partition coefficient (Wildman–Crippen LogP) is 3.01. The quantitative estimate of drug-likeness (QED) is 0.914. The van der Waals surface area contributed by atoms with Crippen molar-refractivity contribution < 1.29 is 4.52 Å². The van der Waals surface area contributed by atoms with Crippen molar-refractivity contribution >= 4 is 11.6 Å². The average Bonchev–Trinajstić information content (AvgIpc) is 2.78. The third-order valence-corrected chi connectivity index (χ3v) is 3.35. The maximum Gasteiger partial charge on any atom is 0.231 e. The van der Waals surface area contributed by atoms with Gasteiger partial charge >= 0.3 is 0 Å². The van der Waals surface area contributed by atoms with Gasteiger partial charge in [0.25, 0.3) is 0 Å². The van der Waals surface area contributed by atoms with Gasteiger partial charge in [-0.15, -0.1) is 0 Å². The minimum atomic E-state index is 0.112. The molecule has 19 heavy (non-hydrogen) atoms. The number of halogens is 1. The molecular weight excluding hydrogens is 262 g/mol. The van der Waals surface area contributed by atoms with Crippen molar-refractivity contribution in [3.63, 3.8) is 0 Å². The van der Waals surface area contributed by atoms with Gasteiger partial charge in [-0.3, -0.25) is 0 Å². The zero-order valence-electron chi connectivity index (χ0n) is 11.1. The second-order valence-corrected chi connectivity index (χ2v) is 5.38. The summed E-state index contributed by atoms with van der Waals surface area (Å²) in [4.78, 5) is 4.43. The Kier molecular flexibility index (Phi) is 4.56. The van der Waals surface area contributed by atoms with Crippen molar-refractivity contribution in [1.82, 2.24) is 10.1 Å². The molecule has 0 aliphatic carbocycles. The van der Waals surface area contributed by atoms with Crippen LogP contribution in [0.15, 0.2) is 28.8 Å². The molecule has 0 spiro atoms. The van der Waals surface area contributed by atoms with E-state index in [0.29, 0.717) is 35.6 Å². The topological polar surface area (TPSA) is 64.9 Å². The molecule has 0 amide bonds. The lowest BCUT2D eigenvalue weighted by Crippen LogP contribution is -2.18. The van der Waals surface area contributed by atoms with E-state index in [-0.39, 0.29) is 5.92 Å². The van der Waals surface area contributed by atoms with Crippen LogP contribution >= 0.6 is 11.6 Å². The number of nitrogens with zero attached hydrogens (tertiary/aromatic N) is 2. The lowest BCUT2D eigenvalue weighted by Gasteiger charge is -2.13. The van der Waals surface area contributed by atoms with Gasteiger partial charge in [-0.25, -0.2) is 0 Å². The normalized spacial score (nSPS) is 12.9. The van der Waals surface area contributed by atoms with Gasteiger partial charge in [0.2, 0.25) is 5.89 Å². The Morgan fingerprint density at radius 3 is 2.79 bits per heavy atom. The number of rotatable bonds is 5. The summed E-state index contributed by atoms with van der Waals surface area (Å²) < 4.78 is 5.31. The number of hydrogen-bond donors (Lipinski definition) is 1. The SMILES string of the molecule is CC(C)C(CN)c1nc(Cc2cccc(Cl)c2)no1. The fraction of sp³-hybridized carbons (Fsp3) is 0.429. The lowest BCUT2D eigenvalue weighted by molar-refractivity contribution is 0.322. The monoisotopic (exact) mass is 279 g/mol. The van der Waals surface area contributed by atoms with Crippen LogP contribution in [0.4, 0.5) is 0 Å². The molecule has 0 saturated heterocycles. The molecule has 0 fully saturated rings. The fourth-order valence-electron chi connectivity index (χ4n) is 1.98. The molecule has 5 heteroatoms. The van der Waals surface area contributed by atoms with Gasteiger partial charge in [0, 0.05) is 18.0 Å². The van der Waals surface area contributed by atoms with E-state index in [2.05, 4.69) is 24.0 Å². The first kappa shape index (κ1) is 14.0. The largest absolute Gasteiger partial charge is 0.339 e. The fourth-order valence-corrected chi connectivity index (χ4v) is 2.19. The van der Waals surface area contributed by atoms with E-state index in [9.17, 15) is 0 Å². The standard InChI is InChI=1S/C14H18ClN3O/c1-9(2)12(8-16)14-17-13(18-19-14)7-10-4-3-5-11(15)6-10/h3-6,9,12H,7-8,16H2,1-2H3. The van der Waals surface area contributed by atoms with Crippen LogP contribution in [0.25, 0.3) is 0 Å². The van der Waals surface area contributed by atoms with E-state index in [4.69, 9.17) is 21.9 Å². The highest BCUT2D eigenvalue weighted by atomic mass is 35.5. The molecule has 2 rings (SSSR count). The Labute approximate surface area is 118 Å². The number of benzene rings is 1. The number of nitrogens with two attached hydrogens (primary N) is 1. The molecule has 0 saturated carbocycles. The van der Waals surface area contributed by atoms with Crippen LogP contribution in [0.2, 0.25) is 5.02 Å². The third-order valence-electron chi connectivity index (χ3n) is 3.11. The molecule has 1 aromatic heterocycles. The Balaban J connectivity index is 2.13. The van der Waals surface area contributed by atoms with Crippen LogP contribution in [0.5, 0.6) is 0 Å². The van der Waals surface area contributed by atoms with Gasteiger partial charge in [-0.1, -0.05) is 42.7 Å². The predicted molar refractivity (Wildman–Crippen MR) is 75.2 cm³/mol. The van der Waals surface area contributed by atoms with Crippen molar-refractivity contribution in [3.8, 4) is 0 Å². The maximum atomic E-state index is 5.95. The molecule has 1 aromatic carbocycles. The molecule has 0 bridgehead atoms. The summed E-state index contributed by atoms with van der Waals surface area (Å²) in [6.07, 6.45) is 0.611. The van der Waals surface area contributed by atoms with Gasteiger partial charge in [0.05, 0.1) is 5.92 Å². The molecule has 4 nitrogen and oxygen atoms in total. The van der Waals surface area contributed by atoms with Crippen molar-refractivity contribution in [3.05, 3.63) is 46.6 Å². The van der Waals surface area contributed by atoms with Crippen molar-refractivity contribution in [1.29, 1.82) is 0 Å². The highest BCUT2D eigenvalue weighted by Crippen LogP contribution is 2.22. The van der Waals surface area contributed by atoms with Crippen LogP contribution in [-0.4, -0.2) is 16.7 Å². The Morgan fingerprint density at radius 2 is 2.16 bits per heavy atom. The second kappa shape index (κ2) is 6.17. The van der Waals surface area contributed by atoms with Gasteiger partial charge in [0.1, 0.15) is 0 Å². The highest BCUT2D eigenvalue weighted by molar-refractivity contribution is 6.30. The first-order valence-corrected chi connectivity index (χ1v) is 6.75. The maximum absolute atomic E-state index is 5.95. The summed E-state index contributed by atoms with van der Waals surface area (Å²) in [6, 6.07) is 7.65. The summed E-state index contributed by atoms with van der Waals surface area (Å²) in [5, 5.41) is 4.72. The summed E-state index contributed by atoms with van der Waals surface area (Å²) in [6.45, 7) is 4.70. The van der Waals surface area contributed by atoms with E-state index in [0.717, 1.165) is 5.56 Å². The third kappa shape index (κ3) is 3.55. The minimum absolute atomic E-state index is 0.112. The second-order valence-electron chi connectivity index (χ2n) is 4.94. The van der Waals surface area contributed by atoms with Gasteiger partial charge in [-0.2, -0.15) is 4.98 Å². The smallest absolute Gasteiger partial charge is 0.231 e. The van der Waals surface area contributed by atoms with E-state index < -0.39 is 0 Å². The van der Waals surface area contributed by atoms with Crippen molar-refractivity contribution in [2.45, 2.75) is 26.2 Å². The molecule has 1 unspecified atom stereocenters. The number of hydrogen-bond acceptors (Lipinski definition) is 4. The van der Waals surface area contributed by atoms with Gasteiger partial charge in [-0.05, 0) is 23.6 Å². The van der Waals surface area contributed by atoms with Crippen LogP contribution in [-0.2, 0) is 6.42 Å². The Hall–Kier alpha value is -1.39. The van der Waals surface area contributed by atoms with Crippen LogP contribution in [0.1, 0.15) is 37.0 Å². The summed E-state index contributed by atoms with van der Waals surface area (Å²) in [5.41, 5.74) is 6.81. The molecule has 102 valence electrons. The van der Waals surface area contributed by atoms with Gasteiger partial charge in [0.15, 0.2) is 5.82 Å². The lowest BCUT2D eigenvalue weighted by atomic mass is 9.96. The van der Waals surface area contributed by atoms with Crippen molar-refractivity contribution in [2.75, 3.05) is 6.54 Å². The zero-order chi connectivity index (χ0) is 13.8. The van der Waals surface area contributed by atoms with Gasteiger partial charge < -0.3 is 10.3 Å². The van der Waals surface area contributed by atoms with E-state index in [1.54, 1.807) is 0 Å². The average molecular weight is 280 g/mol. The molecule has 0 radical (unpaired) electrons. The summed E-state index contributed by atoms with van der Waals surface area (Å²) in [5.74, 6) is 1.77. The van der Waals surface area contributed by atoms with E-state index in [1.807, 2.05) is 24.3 Å². The number of aromatic nitrogens is 2. The molecule has 1 atom stereocenters. The highest BCUT2D eigenvalue weighted by Gasteiger charge is 2.20. The molecule has 0 aliphatic heterocycles. The zero-order valence-corrected chi connectivity index (χ0v) is 11.9. The summed E-state index contributed by atoms with van der Waals surface area (Å²) >= 11 is 5.95. The molecule has 2 aromatic rings. The van der Waals surface area contributed by atoms with E-state index in [1.165, 1.54) is 0 Å². The molecule has 0 aliphatic rings. The first-order valence-electron chi connectivity index (χ1n) is 6.37. The van der Waals surface area contributed by atoms with Crippen LogP contribution < -0.4 is 5.73 Å². The van der Waals surface area contributed by atoms with Crippen molar-refractivity contribution in [2.24, 2.45) is 11.7 Å². The minimum Gasteiger partial charge on any atom is -0.339 e. The van der Waals surface area contributed by atoms with Crippen LogP contribution in [0, 0.1) is 5.92 Å². The molecule has 1 heterocycles. The molecule has 2 N–H and O–H groups in total. The Bertz CT molecular complexity index is 539. The molecular formula is C14H18ClN3O.